The monoisotopic (exact) mass is 864 g/mol. The number of nitrogens with two attached hydrogens (primary N) is 2. The molecule has 0 unspecified atom stereocenters. The van der Waals surface area contributed by atoms with Gasteiger partial charge >= 0.3 is 5.97 Å². The van der Waals surface area contributed by atoms with Crippen molar-refractivity contribution in [1.29, 1.82) is 0 Å². The van der Waals surface area contributed by atoms with Crippen LogP contribution < -0.4 is 27.4 Å². The zero-order valence-corrected chi connectivity index (χ0v) is 36.8. The number of carbonyl (C=O) groups excluding carboxylic acids is 4. The quantitative estimate of drug-likeness (QED) is 0.0850. The molecule has 62 heavy (non-hydrogen) atoms. The molecule has 12 atom stereocenters. The number of hydrogen-bond donors (Lipinski definition) is 6. The predicted molar refractivity (Wildman–Crippen MR) is 230 cm³/mol. The first-order valence-electron chi connectivity index (χ1n) is 23.0. The minimum absolute atomic E-state index is 0.0853. The summed E-state index contributed by atoms with van der Waals surface area (Å²) < 4.78 is 19.4. The Hall–Kier alpha value is -4.28. The van der Waals surface area contributed by atoms with Gasteiger partial charge in [0.05, 0.1) is 19.1 Å². The van der Waals surface area contributed by atoms with Crippen molar-refractivity contribution in [3.8, 4) is 0 Å². The number of carboxylic acid groups (broad SMARTS) is 1. The van der Waals surface area contributed by atoms with Crippen LogP contribution in [-0.2, 0) is 44.7 Å². The lowest BCUT2D eigenvalue weighted by Gasteiger charge is -2.66. The van der Waals surface area contributed by atoms with Gasteiger partial charge in [-0.2, -0.15) is 0 Å². The molecule has 7 rings (SSSR count). The van der Waals surface area contributed by atoms with Crippen molar-refractivity contribution < 1.29 is 43.3 Å². The van der Waals surface area contributed by atoms with Gasteiger partial charge in [-0.15, -0.1) is 0 Å². The van der Waals surface area contributed by atoms with Crippen molar-refractivity contribution >= 4 is 35.6 Å². The second-order valence-corrected chi connectivity index (χ2v) is 19.4. The summed E-state index contributed by atoms with van der Waals surface area (Å²) in [5.41, 5.74) is 12.0. The van der Waals surface area contributed by atoms with Crippen LogP contribution >= 0.6 is 0 Å². The molecule has 342 valence electrons. The van der Waals surface area contributed by atoms with Gasteiger partial charge in [-0.3, -0.25) is 29.0 Å². The molecule has 4 amide bonds. The van der Waals surface area contributed by atoms with Gasteiger partial charge in [0.25, 0.3) is 0 Å². The van der Waals surface area contributed by atoms with Crippen molar-refractivity contribution in [3.63, 3.8) is 0 Å². The number of hydrogen-bond acceptors (Lipinski definition) is 9. The summed E-state index contributed by atoms with van der Waals surface area (Å²) in [4.78, 5) is 73.7. The first-order chi connectivity index (χ1) is 29.7. The maximum absolute atomic E-state index is 14.7. The van der Waals surface area contributed by atoms with E-state index >= 15 is 0 Å². The van der Waals surface area contributed by atoms with E-state index in [9.17, 15) is 29.1 Å². The summed E-state index contributed by atoms with van der Waals surface area (Å²) in [6.45, 7) is 6.01. The minimum atomic E-state index is -1.37. The molecule has 3 aliphatic heterocycles. The van der Waals surface area contributed by atoms with E-state index in [1.165, 1.54) is 4.90 Å². The number of benzene rings is 1. The first kappa shape index (κ1) is 45.7. The lowest BCUT2D eigenvalue weighted by Crippen LogP contribution is -2.66. The lowest BCUT2D eigenvalue weighted by atomic mass is 9.42. The predicted octanol–water partition coefficient (Wildman–Crippen LogP) is 3.35. The van der Waals surface area contributed by atoms with Gasteiger partial charge in [0.2, 0.25) is 23.6 Å². The van der Waals surface area contributed by atoms with Crippen LogP contribution in [-0.4, -0.2) is 108 Å². The average Bonchev–Trinajstić information content (AvgIpc) is 3.95. The van der Waals surface area contributed by atoms with Gasteiger partial charge in [0, 0.05) is 38.6 Å². The molecule has 3 saturated carbocycles. The molecular weight excluding hydrogens is 795 g/mol. The van der Waals surface area contributed by atoms with Gasteiger partial charge in [-0.05, 0) is 118 Å². The number of ether oxygens (including phenoxy) is 3. The van der Waals surface area contributed by atoms with E-state index in [-0.39, 0.29) is 54.7 Å². The summed E-state index contributed by atoms with van der Waals surface area (Å²) in [6.07, 6.45) is 9.89. The number of nitrogens with one attached hydrogen (secondary N) is 3. The van der Waals surface area contributed by atoms with Crippen molar-refractivity contribution in [1.82, 2.24) is 20.9 Å². The number of guanidine groups is 1. The zero-order valence-electron chi connectivity index (χ0n) is 36.8. The molecular formula is C46H69N7O9. The van der Waals surface area contributed by atoms with E-state index in [0.717, 1.165) is 56.9 Å². The SMILES string of the molecule is CO[C@H]1CC[C@@]2(C)[C@@H](CC[C@@H]3[C@@H]2CC[C@@]2(C)[C@H]3C[C@H](C(=O)N[C@@H](CCCN=C(N)N)C(=O)N3CCC[C@@H]3C(=O)N[C@@H](CC(=O)O)C(=O)NCc3ccccc3)O[C@]23CCCO3)C1. The zero-order chi connectivity index (χ0) is 44.2. The smallest absolute Gasteiger partial charge is 0.305 e. The molecule has 3 aliphatic carbocycles. The highest BCUT2D eigenvalue weighted by molar-refractivity contribution is 5.96. The highest BCUT2D eigenvalue weighted by atomic mass is 16.7. The van der Waals surface area contributed by atoms with Gasteiger partial charge in [0.1, 0.15) is 24.2 Å². The number of aliphatic carboxylic acids is 1. The van der Waals surface area contributed by atoms with Crippen LogP contribution in [0.15, 0.2) is 35.3 Å². The number of carboxylic acids is 1. The second kappa shape index (κ2) is 19.2. The fraction of sp³-hybridized carbons (Fsp3) is 0.739. The van der Waals surface area contributed by atoms with E-state index in [1.54, 1.807) is 0 Å². The van der Waals surface area contributed by atoms with Crippen LogP contribution in [0.2, 0.25) is 0 Å². The molecule has 0 bridgehead atoms. The third kappa shape index (κ3) is 9.33. The molecule has 16 heteroatoms. The number of fused-ring (bicyclic) bond motifs is 6. The van der Waals surface area contributed by atoms with Gasteiger partial charge in [-0.1, -0.05) is 44.2 Å². The van der Waals surface area contributed by atoms with Crippen molar-refractivity contribution in [2.45, 2.75) is 153 Å². The Morgan fingerprint density at radius 2 is 1.71 bits per heavy atom. The third-order valence-corrected chi connectivity index (χ3v) is 16.0. The molecule has 8 N–H and O–H groups in total. The van der Waals surface area contributed by atoms with Crippen molar-refractivity contribution in [2.75, 3.05) is 26.8 Å². The maximum Gasteiger partial charge on any atom is 0.305 e. The molecule has 16 nitrogen and oxygen atoms in total. The summed E-state index contributed by atoms with van der Waals surface area (Å²) >= 11 is 0. The van der Waals surface area contributed by atoms with Crippen LogP contribution in [0.1, 0.15) is 116 Å². The standard InChI is InChI=1S/C46H69N7O9/c1-44-19-16-30(60-3)24-29(44)14-15-31-32(44)17-20-45(2)33(31)25-37(62-46(45)18-9-23-61-46)41(58)51-34(12-7-21-49-43(47)48)42(59)53-22-8-13-36(53)40(57)52-35(26-38(54)55)39(56)50-27-28-10-5-4-6-11-28/h4-6,10-11,29-37H,7-9,12-27H2,1-3H3,(H,50,56)(H,51,58)(H,52,57)(H,54,55)(H4,47,48,49)/t29-,30-,31+,32-,33-,34-,35-,36+,37+,44-,45-,46+/m0/s1. The summed E-state index contributed by atoms with van der Waals surface area (Å²) in [5, 5.41) is 18.0. The number of nitrogens with zero attached hydrogens (tertiary/aromatic N) is 2. The van der Waals surface area contributed by atoms with E-state index in [1.807, 2.05) is 37.4 Å². The Morgan fingerprint density at radius 3 is 2.42 bits per heavy atom. The van der Waals surface area contributed by atoms with Crippen LogP contribution in [0.25, 0.3) is 0 Å². The van der Waals surface area contributed by atoms with Crippen molar-refractivity contribution in [3.05, 3.63) is 35.9 Å². The molecule has 3 heterocycles. The minimum Gasteiger partial charge on any atom is -0.481 e. The molecule has 6 fully saturated rings. The molecule has 3 saturated heterocycles. The molecule has 0 radical (unpaired) electrons. The number of carbonyl (C=O) groups is 5. The second-order valence-electron chi connectivity index (χ2n) is 19.4. The highest BCUT2D eigenvalue weighted by Gasteiger charge is 2.67. The summed E-state index contributed by atoms with van der Waals surface area (Å²) in [7, 11) is 1.83. The Kier molecular flexibility index (Phi) is 14.2. The van der Waals surface area contributed by atoms with Gasteiger partial charge in [-0.25, -0.2) is 0 Å². The highest BCUT2D eigenvalue weighted by Crippen LogP contribution is 2.68. The largest absolute Gasteiger partial charge is 0.481 e. The Labute approximate surface area is 365 Å². The number of methoxy groups -OCH3 is 1. The van der Waals surface area contributed by atoms with E-state index < -0.39 is 60.1 Å². The first-order valence-corrected chi connectivity index (χ1v) is 23.0. The van der Waals surface area contributed by atoms with Crippen LogP contribution in [0, 0.1) is 34.5 Å². The topological polar surface area (TPSA) is 237 Å². The summed E-state index contributed by atoms with van der Waals surface area (Å²) in [5.74, 6) is -2.62. The third-order valence-electron chi connectivity index (χ3n) is 16.0. The molecule has 1 aromatic carbocycles. The Morgan fingerprint density at radius 1 is 0.935 bits per heavy atom. The summed E-state index contributed by atoms with van der Waals surface area (Å²) in [6, 6.07) is 5.76. The van der Waals surface area contributed by atoms with E-state index in [2.05, 4.69) is 34.8 Å². The van der Waals surface area contributed by atoms with E-state index in [0.29, 0.717) is 62.6 Å². The average molecular weight is 864 g/mol. The number of likely N-dealkylation sites (tertiary alicyclic amines) is 1. The molecule has 1 aromatic rings. The van der Waals surface area contributed by atoms with Crippen LogP contribution in [0.5, 0.6) is 0 Å². The molecule has 1 spiro atoms. The fourth-order valence-corrected chi connectivity index (χ4v) is 12.7. The lowest BCUT2D eigenvalue weighted by molar-refractivity contribution is -0.348. The van der Waals surface area contributed by atoms with Crippen LogP contribution in [0.4, 0.5) is 0 Å². The van der Waals surface area contributed by atoms with Gasteiger partial charge in [0.15, 0.2) is 11.7 Å². The maximum atomic E-state index is 14.7. The van der Waals surface area contributed by atoms with Crippen LogP contribution in [0.3, 0.4) is 0 Å². The molecule has 0 aromatic heterocycles. The number of aliphatic imine (C=N–C) groups is 1. The van der Waals surface area contributed by atoms with Gasteiger partial charge < -0.3 is 51.6 Å². The van der Waals surface area contributed by atoms with Crippen molar-refractivity contribution in [2.24, 2.45) is 51.0 Å². The fourth-order valence-electron chi connectivity index (χ4n) is 12.7. The molecule has 6 aliphatic rings. The Bertz CT molecular complexity index is 1820. The van der Waals surface area contributed by atoms with E-state index in [4.69, 9.17) is 25.7 Å². The Balaban J connectivity index is 1.08. The number of amides is 4. The normalized spacial score (nSPS) is 34.8. The number of rotatable bonds is 15.